The maximum atomic E-state index is 12.0. The molecule has 1 N–H and O–H groups in total. The molecule has 1 aromatic heterocycles. The van der Waals surface area contributed by atoms with Crippen molar-refractivity contribution in [3.63, 3.8) is 0 Å². The number of rotatable bonds is 4. The second kappa shape index (κ2) is 14.7. The van der Waals surface area contributed by atoms with Crippen molar-refractivity contribution in [3.8, 4) is 11.3 Å². The van der Waals surface area contributed by atoms with Gasteiger partial charge in [-0.3, -0.25) is 4.79 Å². The molecule has 1 spiro atoms. The van der Waals surface area contributed by atoms with Gasteiger partial charge in [0.05, 0.1) is 11.5 Å². The van der Waals surface area contributed by atoms with Crippen LogP contribution >= 0.6 is 0 Å². The van der Waals surface area contributed by atoms with Crippen molar-refractivity contribution < 1.29 is 30.0 Å². The average molecular weight is 860 g/mol. The number of carbonyl (C=O) groups excluding carboxylic acids is 1. The monoisotopic (exact) mass is 860 g/mol. The topological polar surface area (TPSA) is 63.1 Å². The van der Waals surface area contributed by atoms with Crippen LogP contribution in [0.3, 0.4) is 0 Å². The third kappa shape index (κ3) is 6.67. The number of nitrogens with zero attached hydrogens (tertiary/aromatic N) is 2. The summed E-state index contributed by atoms with van der Waals surface area (Å²) in [5.74, 6) is 0.985. The summed E-state index contributed by atoms with van der Waals surface area (Å²) in [6.45, 7) is 14.0. The summed E-state index contributed by atoms with van der Waals surface area (Å²) in [4.78, 5) is 12.0. The molecule has 2 saturated carbocycles. The van der Waals surface area contributed by atoms with Crippen LogP contribution in [-0.4, -0.2) is 21.1 Å². The minimum atomic E-state index is 0. The van der Waals surface area contributed by atoms with Gasteiger partial charge in [-0.2, -0.15) is 5.10 Å². The summed E-state index contributed by atoms with van der Waals surface area (Å²) in [7, 11) is 0. The molecule has 8 rings (SSSR count). The average Bonchev–Trinajstić information content (AvgIpc) is 3.60. The van der Waals surface area contributed by atoms with Crippen molar-refractivity contribution in [2.75, 3.05) is 0 Å². The summed E-state index contributed by atoms with van der Waals surface area (Å²) >= 11 is 0. The molecule has 0 aliphatic heterocycles. The second-order valence-electron chi connectivity index (χ2n) is 16.9. The van der Waals surface area contributed by atoms with Gasteiger partial charge in [-0.05, 0) is 96.4 Å². The first-order valence-electron chi connectivity index (χ1n) is 19.2. The van der Waals surface area contributed by atoms with Crippen LogP contribution in [0.2, 0.25) is 0 Å². The van der Waals surface area contributed by atoms with E-state index < -0.39 is 0 Å². The molecule has 4 aromatic rings. The molecular formula is C46H55IrN2O2-. The Morgan fingerprint density at radius 1 is 0.784 bits per heavy atom. The van der Waals surface area contributed by atoms with Gasteiger partial charge in [0.25, 0.3) is 0 Å². The van der Waals surface area contributed by atoms with Gasteiger partial charge in [0, 0.05) is 43.7 Å². The quantitative estimate of drug-likeness (QED) is 0.126. The number of fused-ring (bicyclic) bond motifs is 3. The van der Waals surface area contributed by atoms with Crippen molar-refractivity contribution in [2.24, 2.45) is 17.3 Å². The zero-order valence-corrected chi connectivity index (χ0v) is 33.9. The van der Waals surface area contributed by atoms with Gasteiger partial charge in [-0.25, -0.2) is 5.10 Å². The largest absolute Gasteiger partial charge is 0.512 e. The zero-order chi connectivity index (χ0) is 35.3. The molecule has 1 heterocycles. The van der Waals surface area contributed by atoms with Crippen LogP contribution in [0.15, 0.2) is 66.4 Å². The van der Waals surface area contributed by atoms with E-state index in [1.807, 2.05) is 13.0 Å². The van der Waals surface area contributed by atoms with Crippen LogP contribution in [0.5, 0.6) is 0 Å². The molecule has 4 nitrogen and oxygen atoms in total. The van der Waals surface area contributed by atoms with Crippen LogP contribution in [0.4, 0.5) is 0 Å². The van der Waals surface area contributed by atoms with E-state index in [1.165, 1.54) is 71.6 Å². The number of allylic oxidation sites excluding steroid dienone is 2. The zero-order valence-electron chi connectivity index (χ0n) is 31.5. The first-order valence-corrected chi connectivity index (χ1v) is 19.2. The molecule has 0 amide bonds. The fourth-order valence-electron chi connectivity index (χ4n) is 10.1. The molecule has 1 radical (unpaired) electrons. The van der Waals surface area contributed by atoms with E-state index in [-0.39, 0.29) is 54.0 Å². The van der Waals surface area contributed by atoms with Crippen molar-refractivity contribution in [3.05, 3.63) is 106 Å². The first kappa shape index (κ1) is 37.6. The van der Waals surface area contributed by atoms with E-state index in [1.54, 1.807) is 6.08 Å². The Bertz CT molecular complexity index is 1920. The van der Waals surface area contributed by atoms with E-state index in [0.29, 0.717) is 5.76 Å². The molecule has 0 saturated heterocycles. The smallest absolute Gasteiger partial charge is 0.162 e. The number of aliphatic hydroxyl groups excluding tert-OH is 1. The molecule has 0 atom stereocenters. The number of carbonyl (C=O) groups is 1. The normalized spacial score (nSPS) is 20.6. The van der Waals surface area contributed by atoms with Gasteiger partial charge in [0.1, 0.15) is 0 Å². The van der Waals surface area contributed by atoms with Gasteiger partial charge >= 0.3 is 0 Å². The Morgan fingerprint density at radius 3 is 1.94 bits per heavy atom. The van der Waals surface area contributed by atoms with Crippen molar-refractivity contribution in [1.82, 2.24) is 10.2 Å². The minimum Gasteiger partial charge on any atom is -0.512 e. The molecule has 4 aliphatic carbocycles. The molecule has 5 heteroatoms. The maximum Gasteiger partial charge on any atom is 0.162 e. The number of benzene rings is 3. The first-order chi connectivity index (χ1) is 23.9. The second-order valence-corrected chi connectivity index (χ2v) is 16.9. The summed E-state index contributed by atoms with van der Waals surface area (Å²) in [5, 5.41) is 21.4. The van der Waals surface area contributed by atoms with Gasteiger partial charge in [0.2, 0.25) is 0 Å². The van der Waals surface area contributed by atoms with Crippen LogP contribution < -0.4 is 0 Å². The molecular weight excluding hydrogens is 805 g/mol. The molecule has 3 aromatic carbocycles. The van der Waals surface area contributed by atoms with Gasteiger partial charge < -0.3 is 5.11 Å². The summed E-state index contributed by atoms with van der Waals surface area (Å²) in [5.41, 5.74) is 10.4. The maximum absolute atomic E-state index is 12.0. The Labute approximate surface area is 319 Å². The Morgan fingerprint density at radius 2 is 1.35 bits per heavy atom. The number of hydrogen-bond acceptors (Lipinski definition) is 4. The van der Waals surface area contributed by atoms with Crippen LogP contribution in [0, 0.1) is 37.2 Å². The standard InChI is InChI=1S/C31H31N2.C15H24O2.Ir/c1-19-14-28(33-32-20(19)2)24-13-9-12-21-15-26-27(16-25(21)24)30(5,6)31(29(26,3)4)17-22-10-7-8-11-23(22)18-31;16-14(12-7-3-1-4-8-12)11-15(17)13-9-5-2-6-10-13;/h7-12,14-16H,17-18H2,1-6H3;11-13,16H,1-10H2;/q-1;;/b;14-11-;. The van der Waals surface area contributed by atoms with Crippen molar-refractivity contribution >= 4 is 16.6 Å². The predicted molar refractivity (Wildman–Crippen MR) is 204 cm³/mol. The van der Waals surface area contributed by atoms with E-state index in [2.05, 4.69) is 99.4 Å². The fraction of sp³-hybridized carbons (Fsp3) is 0.500. The number of aliphatic hydroxyl groups is 1. The van der Waals surface area contributed by atoms with Gasteiger partial charge in [0.15, 0.2) is 5.78 Å². The molecule has 0 unspecified atom stereocenters. The fourth-order valence-corrected chi connectivity index (χ4v) is 10.1. The van der Waals surface area contributed by atoms with E-state index in [4.69, 9.17) is 0 Å². The Hall–Kier alpha value is -3.14. The van der Waals surface area contributed by atoms with Crippen LogP contribution in [0.1, 0.15) is 125 Å². The third-order valence-electron chi connectivity index (χ3n) is 13.6. The Kier molecular flexibility index (Phi) is 10.8. The molecule has 2 fully saturated rings. The summed E-state index contributed by atoms with van der Waals surface area (Å²) in [6, 6.07) is 23.8. The molecule has 0 bridgehead atoms. The van der Waals surface area contributed by atoms with E-state index in [9.17, 15) is 9.90 Å². The number of aromatic nitrogens is 2. The van der Waals surface area contributed by atoms with Gasteiger partial charge in [-0.15, -0.1) is 29.1 Å². The third-order valence-corrected chi connectivity index (χ3v) is 13.6. The van der Waals surface area contributed by atoms with E-state index >= 15 is 0 Å². The molecule has 51 heavy (non-hydrogen) atoms. The number of ketones is 1. The van der Waals surface area contributed by atoms with Crippen molar-refractivity contribution in [1.29, 1.82) is 0 Å². The van der Waals surface area contributed by atoms with E-state index in [0.717, 1.165) is 61.0 Å². The van der Waals surface area contributed by atoms with Crippen molar-refractivity contribution in [2.45, 2.75) is 129 Å². The SMILES string of the molecule is Cc1cc(-c2[c-]ccc3cc4c(cc23)C(C)(C)C2(Cc3ccccc3C2)C4(C)C)nnc1C.O=C(/C=C(\O)C1CCCCC1)C1CCCCC1.[Ir]. The minimum absolute atomic E-state index is 0. The number of aryl methyl sites for hydroxylation is 2. The summed E-state index contributed by atoms with van der Waals surface area (Å²) in [6.07, 6.45) is 15.3. The predicted octanol–water partition coefficient (Wildman–Crippen LogP) is 11.2. The molecule has 271 valence electrons. The molecule has 4 aliphatic rings. The van der Waals surface area contributed by atoms with Gasteiger partial charge in [-0.1, -0.05) is 114 Å². The van der Waals surface area contributed by atoms with Crippen LogP contribution in [0.25, 0.3) is 22.0 Å². The Balaban J connectivity index is 0.000000211. The summed E-state index contributed by atoms with van der Waals surface area (Å²) < 4.78 is 0. The number of hydrogen-bond donors (Lipinski definition) is 1. The van der Waals surface area contributed by atoms with Crippen LogP contribution in [-0.2, 0) is 48.6 Å².